The van der Waals surface area contributed by atoms with E-state index in [0.29, 0.717) is 34.2 Å². The molecule has 0 aromatic heterocycles. The molecule has 1 aliphatic heterocycles. The minimum Gasteiger partial charge on any atom is -0.495 e. The maximum Gasteiger partial charge on any atom is 0.255 e. The van der Waals surface area contributed by atoms with Gasteiger partial charge in [0.05, 0.1) is 17.7 Å². The maximum atomic E-state index is 12.8. The molecule has 3 aromatic carbocycles. The standard InChI is InChI=1S/C24H23N3O7S/c1-15(28)26-20-12-18(7-9-21(20)32-2)27-24(29)17-4-3-5-19(11-17)35(30,31)25-13-16-6-8-22-23(10-16)34-14-33-22/h3-12,25H,13-14H2,1-2H3,(H,26,28)(H,27,29). The number of benzene rings is 3. The van der Waals surface area contributed by atoms with Crippen LogP contribution < -0.4 is 29.6 Å². The molecule has 1 heterocycles. The van der Waals surface area contributed by atoms with Crippen LogP contribution in [0.25, 0.3) is 0 Å². The van der Waals surface area contributed by atoms with Gasteiger partial charge in [-0.05, 0) is 54.1 Å². The molecule has 0 aliphatic carbocycles. The Morgan fingerprint density at radius 2 is 1.77 bits per heavy atom. The molecular weight excluding hydrogens is 474 g/mol. The number of fused-ring (bicyclic) bond motifs is 1. The maximum absolute atomic E-state index is 12.8. The summed E-state index contributed by atoms with van der Waals surface area (Å²) in [7, 11) is -2.43. The predicted molar refractivity (Wildman–Crippen MR) is 128 cm³/mol. The Morgan fingerprint density at radius 1 is 0.971 bits per heavy atom. The van der Waals surface area contributed by atoms with Crippen LogP contribution in [-0.4, -0.2) is 34.1 Å². The highest BCUT2D eigenvalue weighted by Crippen LogP contribution is 2.32. The zero-order chi connectivity index (χ0) is 25.0. The third-order valence-electron chi connectivity index (χ3n) is 5.08. The van der Waals surface area contributed by atoms with E-state index in [1.165, 1.54) is 38.3 Å². The number of nitrogens with one attached hydrogen (secondary N) is 3. The molecule has 0 spiro atoms. The van der Waals surface area contributed by atoms with Gasteiger partial charge in [-0.25, -0.2) is 13.1 Å². The molecule has 11 heteroatoms. The molecule has 3 N–H and O–H groups in total. The molecule has 0 radical (unpaired) electrons. The van der Waals surface area contributed by atoms with Crippen molar-refractivity contribution in [2.45, 2.75) is 18.4 Å². The van der Waals surface area contributed by atoms with E-state index < -0.39 is 15.9 Å². The number of anilines is 2. The van der Waals surface area contributed by atoms with Gasteiger partial charge in [0.15, 0.2) is 11.5 Å². The van der Waals surface area contributed by atoms with Gasteiger partial charge in [-0.15, -0.1) is 0 Å². The Balaban J connectivity index is 1.47. The number of sulfonamides is 1. The van der Waals surface area contributed by atoms with Crippen LogP contribution in [0.1, 0.15) is 22.8 Å². The Morgan fingerprint density at radius 3 is 2.54 bits per heavy atom. The van der Waals surface area contributed by atoms with Crippen molar-refractivity contribution in [1.82, 2.24) is 4.72 Å². The highest BCUT2D eigenvalue weighted by atomic mass is 32.2. The number of ether oxygens (including phenoxy) is 3. The second-order valence-corrected chi connectivity index (χ2v) is 9.36. The molecule has 0 saturated heterocycles. The second kappa shape index (κ2) is 10.0. The largest absolute Gasteiger partial charge is 0.495 e. The minimum atomic E-state index is -3.90. The second-order valence-electron chi connectivity index (χ2n) is 7.59. The molecule has 0 unspecified atom stereocenters. The quantitative estimate of drug-likeness (QED) is 0.436. The minimum absolute atomic E-state index is 0.0349. The number of carbonyl (C=O) groups excluding carboxylic acids is 2. The average molecular weight is 498 g/mol. The molecule has 0 fully saturated rings. The van der Waals surface area contributed by atoms with Crippen molar-refractivity contribution in [1.29, 1.82) is 0 Å². The van der Waals surface area contributed by atoms with Crippen molar-refractivity contribution in [3.8, 4) is 17.2 Å². The number of methoxy groups -OCH3 is 1. The summed E-state index contributed by atoms with van der Waals surface area (Å²) in [5, 5.41) is 5.33. The van der Waals surface area contributed by atoms with Crippen LogP contribution in [0.3, 0.4) is 0 Å². The molecule has 4 rings (SSSR count). The summed E-state index contributed by atoms with van der Waals surface area (Å²) in [6, 6.07) is 15.6. The number of rotatable bonds is 8. The number of amides is 2. The third-order valence-corrected chi connectivity index (χ3v) is 6.48. The first kappa shape index (κ1) is 24.0. The molecule has 0 bridgehead atoms. The van der Waals surface area contributed by atoms with E-state index in [4.69, 9.17) is 14.2 Å². The van der Waals surface area contributed by atoms with E-state index in [1.807, 2.05) is 0 Å². The molecule has 1 aliphatic rings. The van der Waals surface area contributed by atoms with Crippen molar-refractivity contribution < 1.29 is 32.2 Å². The summed E-state index contributed by atoms with van der Waals surface area (Å²) in [5.41, 5.74) is 1.63. The van der Waals surface area contributed by atoms with Crippen molar-refractivity contribution in [3.63, 3.8) is 0 Å². The fraction of sp³-hybridized carbons (Fsp3) is 0.167. The lowest BCUT2D eigenvalue weighted by Gasteiger charge is -2.12. The summed E-state index contributed by atoms with van der Waals surface area (Å²) in [5.74, 6) is 0.784. The Kier molecular flexibility index (Phi) is 6.90. The van der Waals surface area contributed by atoms with Crippen LogP contribution in [0.15, 0.2) is 65.6 Å². The van der Waals surface area contributed by atoms with Crippen LogP contribution in [-0.2, 0) is 21.4 Å². The van der Waals surface area contributed by atoms with E-state index in [1.54, 1.807) is 36.4 Å². The summed E-state index contributed by atoms with van der Waals surface area (Å²) in [6.07, 6.45) is 0. The van der Waals surface area contributed by atoms with Crippen molar-refractivity contribution in [2.24, 2.45) is 0 Å². The van der Waals surface area contributed by atoms with Gasteiger partial charge in [0.2, 0.25) is 22.7 Å². The number of carbonyl (C=O) groups is 2. The van der Waals surface area contributed by atoms with Crippen LogP contribution >= 0.6 is 0 Å². The lowest BCUT2D eigenvalue weighted by Crippen LogP contribution is -2.23. The summed E-state index contributed by atoms with van der Waals surface area (Å²) in [4.78, 5) is 24.2. The average Bonchev–Trinajstić information content (AvgIpc) is 3.31. The first-order valence-corrected chi connectivity index (χ1v) is 12.0. The number of hydrogen-bond acceptors (Lipinski definition) is 7. The zero-order valence-corrected chi connectivity index (χ0v) is 19.8. The van der Waals surface area contributed by atoms with E-state index in [-0.39, 0.29) is 29.7 Å². The summed E-state index contributed by atoms with van der Waals surface area (Å²) in [6.45, 7) is 1.52. The Hall–Kier alpha value is -4.09. The van der Waals surface area contributed by atoms with Gasteiger partial charge in [-0.1, -0.05) is 12.1 Å². The molecule has 35 heavy (non-hydrogen) atoms. The van der Waals surface area contributed by atoms with Gasteiger partial charge >= 0.3 is 0 Å². The highest BCUT2D eigenvalue weighted by Gasteiger charge is 2.18. The van der Waals surface area contributed by atoms with Gasteiger partial charge in [0.25, 0.3) is 5.91 Å². The Bertz CT molecular complexity index is 1390. The van der Waals surface area contributed by atoms with Crippen LogP contribution in [0.4, 0.5) is 11.4 Å². The topological polar surface area (TPSA) is 132 Å². The van der Waals surface area contributed by atoms with Crippen LogP contribution in [0.2, 0.25) is 0 Å². The van der Waals surface area contributed by atoms with E-state index in [0.717, 1.165) is 0 Å². The third kappa shape index (κ3) is 5.70. The van der Waals surface area contributed by atoms with Gasteiger partial charge < -0.3 is 24.8 Å². The van der Waals surface area contributed by atoms with Crippen molar-refractivity contribution >= 4 is 33.2 Å². The fourth-order valence-corrected chi connectivity index (χ4v) is 4.46. The van der Waals surface area contributed by atoms with Gasteiger partial charge in [0, 0.05) is 24.7 Å². The lowest BCUT2D eigenvalue weighted by atomic mass is 10.2. The molecule has 10 nitrogen and oxygen atoms in total. The van der Waals surface area contributed by atoms with E-state index >= 15 is 0 Å². The SMILES string of the molecule is COc1ccc(NC(=O)c2cccc(S(=O)(=O)NCc3ccc4c(c3)OCO4)c2)cc1NC(C)=O. The smallest absolute Gasteiger partial charge is 0.255 e. The molecule has 0 saturated carbocycles. The Labute approximate surface area is 202 Å². The number of hydrogen-bond donors (Lipinski definition) is 3. The van der Waals surface area contributed by atoms with Crippen molar-refractivity contribution in [3.05, 3.63) is 71.8 Å². The first-order chi connectivity index (χ1) is 16.7. The normalized spacial score (nSPS) is 12.2. The van der Waals surface area contributed by atoms with Gasteiger partial charge in [-0.2, -0.15) is 0 Å². The summed E-state index contributed by atoms with van der Waals surface area (Å²) < 4.78 is 44.0. The summed E-state index contributed by atoms with van der Waals surface area (Å²) >= 11 is 0. The van der Waals surface area contributed by atoms with Crippen LogP contribution in [0, 0.1) is 0 Å². The zero-order valence-electron chi connectivity index (χ0n) is 19.0. The molecule has 0 atom stereocenters. The van der Waals surface area contributed by atoms with E-state index in [2.05, 4.69) is 15.4 Å². The molecule has 182 valence electrons. The predicted octanol–water partition coefficient (Wildman–Crippen LogP) is 3.11. The monoisotopic (exact) mass is 497 g/mol. The van der Waals surface area contributed by atoms with E-state index in [9.17, 15) is 18.0 Å². The molecule has 2 amide bonds. The lowest BCUT2D eigenvalue weighted by molar-refractivity contribution is -0.114. The molecule has 3 aromatic rings. The van der Waals surface area contributed by atoms with Gasteiger partial charge in [0.1, 0.15) is 5.75 Å². The fourth-order valence-electron chi connectivity index (χ4n) is 3.39. The van der Waals surface area contributed by atoms with Crippen molar-refractivity contribution in [2.75, 3.05) is 24.5 Å². The van der Waals surface area contributed by atoms with Gasteiger partial charge in [-0.3, -0.25) is 9.59 Å². The van der Waals surface area contributed by atoms with Crippen LogP contribution in [0.5, 0.6) is 17.2 Å². The highest BCUT2D eigenvalue weighted by molar-refractivity contribution is 7.89. The molecular formula is C24H23N3O7S. The first-order valence-electron chi connectivity index (χ1n) is 10.5.